The van der Waals surface area contributed by atoms with Crippen LogP contribution < -0.4 is 0 Å². The summed E-state index contributed by atoms with van der Waals surface area (Å²) < 4.78 is 35.9. The van der Waals surface area contributed by atoms with Crippen LogP contribution in [0.5, 0.6) is 0 Å². The second-order valence-corrected chi connectivity index (χ2v) is 5.14. The molecule has 2 aliphatic heterocycles. The Morgan fingerprint density at radius 2 is 1.71 bits per heavy atom. The highest BCUT2D eigenvalue weighted by molar-refractivity contribution is 5.80. The van der Waals surface area contributed by atoms with Gasteiger partial charge < -0.3 is 0 Å². The maximum atomic E-state index is 12.0. The van der Waals surface area contributed by atoms with Crippen LogP contribution in [0.25, 0.3) is 0 Å². The molecule has 0 N–H and O–H groups in total. The van der Waals surface area contributed by atoms with E-state index in [9.17, 15) is 18.0 Å². The number of rotatable bonds is 4. The van der Waals surface area contributed by atoms with E-state index in [-0.39, 0.29) is 6.42 Å². The average Bonchev–Trinajstić information content (AvgIpc) is 2.44. The topological polar surface area (TPSA) is 20.3 Å². The number of alkyl halides is 3. The molecule has 2 nitrogen and oxygen atoms in total. The van der Waals surface area contributed by atoms with Gasteiger partial charge in [0.2, 0.25) is 0 Å². The van der Waals surface area contributed by atoms with Gasteiger partial charge in [-0.1, -0.05) is 0 Å². The number of carbonyl (C=O) groups is 1. The van der Waals surface area contributed by atoms with Crippen molar-refractivity contribution in [2.45, 2.75) is 63.2 Å². The molecule has 5 heteroatoms. The van der Waals surface area contributed by atoms with Crippen LogP contribution in [0.3, 0.4) is 0 Å². The van der Waals surface area contributed by atoms with Crippen molar-refractivity contribution in [1.29, 1.82) is 0 Å². The van der Waals surface area contributed by atoms with Crippen LogP contribution in [0.4, 0.5) is 13.2 Å². The first-order valence-corrected chi connectivity index (χ1v) is 6.30. The minimum atomic E-state index is -4.03. The number of unbranched alkanes of at least 4 members (excludes halogenated alkanes) is 1. The Kier molecular flexibility index (Phi) is 3.76. The number of carbonyl (C=O) groups excluding carboxylic acids is 1. The lowest BCUT2D eigenvalue weighted by atomic mass is 10.0. The van der Waals surface area contributed by atoms with Crippen LogP contribution in [-0.2, 0) is 4.79 Å². The third kappa shape index (κ3) is 3.44. The van der Waals surface area contributed by atoms with Crippen LogP contribution in [-0.4, -0.2) is 35.5 Å². The molecule has 0 spiro atoms. The van der Waals surface area contributed by atoms with Crippen LogP contribution >= 0.6 is 0 Å². The third-order valence-corrected chi connectivity index (χ3v) is 3.82. The number of fused-ring (bicyclic) bond motifs is 2. The van der Waals surface area contributed by atoms with Crippen molar-refractivity contribution < 1.29 is 18.0 Å². The lowest BCUT2D eigenvalue weighted by Crippen LogP contribution is -2.43. The van der Waals surface area contributed by atoms with Gasteiger partial charge in [0.1, 0.15) is 5.78 Å². The number of hydrogen-bond donors (Lipinski definition) is 0. The maximum Gasteiger partial charge on any atom is 0.389 e. The molecule has 0 radical (unpaired) electrons. The standard InChI is InChI=1S/C12H18F3NO/c13-12(14,15)5-1-2-6-16-9-3-4-10(16)8-11(17)7-9/h9-10H,1-8H2. The Balaban J connectivity index is 1.72. The van der Waals surface area contributed by atoms with Crippen molar-refractivity contribution in [3.8, 4) is 0 Å². The van der Waals surface area contributed by atoms with E-state index < -0.39 is 12.6 Å². The monoisotopic (exact) mass is 249 g/mol. The summed E-state index contributed by atoms with van der Waals surface area (Å²) in [7, 11) is 0. The van der Waals surface area contributed by atoms with Crippen molar-refractivity contribution in [3.05, 3.63) is 0 Å². The first kappa shape index (κ1) is 12.9. The molecular formula is C12H18F3NO. The Labute approximate surface area is 99.2 Å². The van der Waals surface area contributed by atoms with E-state index in [0.29, 0.717) is 37.1 Å². The molecule has 2 heterocycles. The smallest absolute Gasteiger partial charge is 0.300 e. The summed E-state index contributed by atoms with van der Waals surface area (Å²) >= 11 is 0. The minimum absolute atomic E-state index is 0.202. The largest absolute Gasteiger partial charge is 0.389 e. The molecule has 2 fully saturated rings. The SMILES string of the molecule is O=C1CC2CCC(C1)N2CCCCC(F)(F)F. The van der Waals surface area contributed by atoms with E-state index in [4.69, 9.17) is 0 Å². The normalized spacial score (nSPS) is 29.9. The van der Waals surface area contributed by atoms with E-state index in [1.165, 1.54) is 0 Å². The van der Waals surface area contributed by atoms with Gasteiger partial charge in [-0.3, -0.25) is 9.69 Å². The fourth-order valence-corrected chi connectivity index (χ4v) is 3.05. The Bertz CT molecular complexity index is 274. The summed E-state index contributed by atoms with van der Waals surface area (Å²) in [6.07, 6.45) is -0.642. The van der Waals surface area contributed by atoms with Crippen molar-refractivity contribution >= 4 is 5.78 Å². The quantitative estimate of drug-likeness (QED) is 0.714. The molecule has 2 rings (SSSR count). The van der Waals surface area contributed by atoms with Crippen molar-refractivity contribution in [1.82, 2.24) is 4.90 Å². The molecule has 2 saturated heterocycles. The van der Waals surface area contributed by atoms with Gasteiger partial charge in [-0.2, -0.15) is 13.2 Å². The second-order valence-electron chi connectivity index (χ2n) is 5.14. The lowest BCUT2D eigenvalue weighted by molar-refractivity contribution is -0.135. The van der Waals surface area contributed by atoms with E-state index in [2.05, 4.69) is 4.90 Å². The summed E-state index contributed by atoms with van der Waals surface area (Å²) in [4.78, 5) is 13.6. The predicted octanol–water partition coefficient (Wildman–Crippen LogP) is 2.91. The zero-order chi connectivity index (χ0) is 12.5. The van der Waals surface area contributed by atoms with Crippen LogP contribution in [0.2, 0.25) is 0 Å². The Morgan fingerprint density at radius 1 is 1.12 bits per heavy atom. The number of nitrogens with zero attached hydrogens (tertiary/aromatic N) is 1. The van der Waals surface area contributed by atoms with E-state index in [1.807, 2.05) is 0 Å². The molecule has 0 amide bonds. The summed E-state index contributed by atoms with van der Waals surface area (Å²) in [5.41, 5.74) is 0. The van der Waals surface area contributed by atoms with Crippen LogP contribution in [0.1, 0.15) is 44.9 Å². The van der Waals surface area contributed by atoms with Gasteiger partial charge in [0.15, 0.2) is 0 Å². The van der Waals surface area contributed by atoms with Crippen LogP contribution in [0, 0.1) is 0 Å². The fraction of sp³-hybridized carbons (Fsp3) is 0.917. The lowest BCUT2D eigenvalue weighted by Gasteiger charge is -2.33. The zero-order valence-electron chi connectivity index (χ0n) is 9.80. The maximum absolute atomic E-state index is 12.0. The molecule has 2 atom stereocenters. The Hall–Kier alpha value is -0.580. The summed E-state index contributed by atoms with van der Waals surface area (Å²) in [6.45, 7) is 0.721. The van der Waals surface area contributed by atoms with E-state index in [1.54, 1.807) is 0 Å². The van der Waals surface area contributed by atoms with Gasteiger partial charge in [-0.15, -0.1) is 0 Å². The minimum Gasteiger partial charge on any atom is -0.300 e. The first-order valence-electron chi connectivity index (χ1n) is 6.30. The molecule has 17 heavy (non-hydrogen) atoms. The highest BCUT2D eigenvalue weighted by Gasteiger charge is 2.39. The Morgan fingerprint density at radius 3 is 2.24 bits per heavy atom. The number of hydrogen-bond acceptors (Lipinski definition) is 2. The molecular weight excluding hydrogens is 231 g/mol. The molecule has 0 aromatic carbocycles. The van der Waals surface area contributed by atoms with Gasteiger partial charge in [-0.25, -0.2) is 0 Å². The zero-order valence-corrected chi connectivity index (χ0v) is 9.80. The van der Waals surface area contributed by atoms with Gasteiger partial charge in [-0.05, 0) is 32.2 Å². The van der Waals surface area contributed by atoms with Gasteiger partial charge in [0, 0.05) is 31.3 Å². The molecule has 2 aliphatic rings. The fourth-order valence-electron chi connectivity index (χ4n) is 3.05. The number of ketones is 1. The van der Waals surface area contributed by atoms with Crippen molar-refractivity contribution in [3.63, 3.8) is 0 Å². The third-order valence-electron chi connectivity index (χ3n) is 3.82. The van der Waals surface area contributed by atoms with Gasteiger partial charge >= 0.3 is 6.18 Å². The molecule has 98 valence electrons. The highest BCUT2D eigenvalue weighted by Crippen LogP contribution is 2.34. The molecule has 2 bridgehead atoms. The molecule has 0 aromatic rings. The number of piperidine rings is 1. The molecule has 0 aliphatic carbocycles. The molecule has 0 aromatic heterocycles. The number of Topliss-reactive ketones (excluding diaryl/α,β-unsaturated/α-hetero) is 1. The van der Waals surface area contributed by atoms with E-state index >= 15 is 0 Å². The van der Waals surface area contributed by atoms with E-state index in [0.717, 1.165) is 19.4 Å². The number of halogens is 3. The second kappa shape index (κ2) is 4.96. The summed E-state index contributed by atoms with van der Waals surface area (Å²) in [5, 5.41) is 0. The molecule has 0 saturated carbocycles. The van der Waals surface area contributed by atoms with Crippen molar-refractivity contribution in [2.75, 3.05) is 6.54 Å². The van der Waals surface area contributed by atoms with Crippen molar-refractivity contribution in [2.24, 2.45) is 0 Å². The summed E-state index contributed by atoms with van der Waals surface area (Å²) in [6, 6.07) is 0.624. The average molecular weight is 249 g/mol. The first-order chi connectivity index (χ1) is 7.96. The molecule has 2 unspecified atom stereocenters. The predicted molar refractivity (Wildman–Crippen MR) is 57.7 cm³/mol. The van der Waals surface area contributed by atoms with Gasteiger partial charge in [0.05, 0.1) is 0 Å². The highest BCUT2D eigenvalue weighted by atomic mass is 19.4. The van der Waals surface area contributed by atoms with Crippen LogP contribution in [0.15, 0.2) is 0 Å². The van der Waals surface area contributed by atoms with Gasteiger partial charge in [0.25, 0.3) is 0 Å². The summed E-state index contributed by atoms with van der Waals surface area (Å²) in [5.74, 6) is 0.323.